The van der Waals surface area contributed by atoms with Crippen LogP contribution in [0.25, 0.3) is 27.4 Å². The first-order valence-electron chi connectivity index (χ1n) is 11.4. The van der Waals surface area contributed by atoms with E-state index in [4.69, 9.17) is 14.5 Å². The van der Waals surface area contributed by atoms with E-state index in [0.717, 1.165) is 44.3 Å². The molecule has 0 N–H and O–H groups in total. The fraction of sp³-hybridized carbons (Fsp3) is 0.321. The zero-order valence-electron chi connectivity index (χ0n) is 20.3. The molecule has 0 radical (unpaired) electrons. The highest BCUT2D eigenvalue weighted by molar-refractivity contribution is 6.38. The molecule has 6 nitrogen and oxygen atoms in total. The SMILES string of the molecule is CC(C)(C)OC(=O)C1C=CC2=Nc3ccc4c(c3C2=C1)c1ccccc1n4C(=O)OC(C)(C)C. The summed E-state index contributed by atoms with van der Waals surface area (Å²) >= 11 is 0. The topological polar surface area (TPSA) is 69.9 Å². The summed E-state index contributed by atoms with van der Waals surface area (Å²) in [5.74, 6) is -0.805. The Morgan fingerprint density at radius 1 is 0.912 bits per heavy atom. The van der Waals surface area contributed by atoms with Gasteiger partial charge in [-0.1, -0.05) is 30.4 Å². The molecule has 1 unspecified atom stereocenters. The van der Waals surface area contributed by atoms with Crippen molar-refractivity contribution in [1.29, 1.82) is 0 Å². The van der Waals surface area contributed by atoms with Crippen LogP contribution in [0.1, 0.15) is 47.1 Å². The lowest BCUT2D eigenvalue weighted by atomic mass is 9.90. The Balaban J connectivity index is 1.70. The molecule has 0 spiro atoms. The van der Waals surface area contributed by atoms with Crippen LogP contribution in [0.2, 0.25) is 0 Å². The lowest BCUT2D eigenvalue weighted by Gasteiger charge is -2.23. The molecule has 0 bridgehead atoms. The Morgan fingerprint density at radius 2 is 1.62 bits per heavy atom. The molecule has 0 fully saturated rings. The number of esters is 1. The average Bonchev–Trinajstić information content (AvgIpc) is 3.25. The van der Waals surface area contributed by atoms with Crippen LogP contribution in [0.15, 0.2) is 59.6 Å². The Morgan fingerprint density at radius 3 is 2.32 bits per heavy atom. The zero-order chi connectivity index (χ0) is 24.4. The van der Waals surface area contributed by atoms with E-state index in [-0.39, 0.29) is 5.97 Å². The largest absolute Gasteiger partial charge is 0.459 e. The number of carbonyl (C=O) groups is 2. The number of carbonyl (C=O) groups excluding carboxylic acids is 2. The van der Waals surface area contributed by atoms with E-state index in [0.29, 0.717) is 0 Å². The monoisotopic (exact) mass is 456 g/mol. The predicted octanol–water partition coefficient (Wildman–Crippen LogP) is 6.57. The quantitative estimate of drug-likeness (QED) is 0.388. The van der Waals surface area contributed by atoms with E-state index in [1.807, 2.05) is 96.2 Å². The van der Waals surface area contributed by atoms with Gasteiger partial charge < -0.3 is 9.47 Å². The zero-order valence-corrected chi connectivity index (χ0v) is 20.3. The van der Waals surface area contributed by atoms with Gasteiger partial charge in [0.1, 0.15) is 11.2 Å². The maximum Gasteiger partial charge on any atom is 0.419 e. The number of benzene rings is 2. The fourth-order valence-corrected chi connectivity index (χ4v) is 4.48. The summed E-state index contributed by atoms with van der Waals surface area (Å²) < 4.78 is 13.0. The smallest absolute Gasteiger partial charge is 0.419 e. The Labute approximate surface area is 198 Å². The second kappa shape index (κ2) is 7.42. The van der Waals surface area contributed by atoms with Gasteiger partial charge in [0.25, 0.3) is 0 Å². The molecule has 2 aliphatic rings. The molecule has 1 aromatic heterocycles. The number of allylic oxidation sites excluding steroid dienone is 2. The lowest BCUT2D eigenvalue weighted by molar-refractivity contribution is -0.156. The molecule has 174 valence electrons. The number of aromatic nitrogens is 1. The number of ether oxygens (including phenoxy) is 2. The molecule has 0 saturated heterocycles. The number of nitrogens with zero attached hydrogens (tertiary/aromatic N) is 2. The molecule has 0 saturated carbocycles. The van der Waals surface area contributed by atoms with Gasteiger partial charge in [0.2, 0.25) is 0 Å². The maximum absolute atomic E-state index is 13.2. The third kappa shape index (κ3) is 3.73. The van der Waals surface area contributed by atoms with Gasteiger partial charge in [0.05, 0.1) is 28.4 Å². The van der Waals surface area contributed by atoms with Crippen LogP contribution < -0.4 is 0 Å². The first-order chi connectivity index (χ1) is 15.9. The Hall–Kier alpha value is -3.67. The van der Waals surface area contributed by atoms with Crippen molar-refractivity contribution < 1.29 is 19.1 Å². The van der Waals surface area contributed by atoms with Crippen LogP contribution in [0, 0.1) is 5.92 Å². The van der Waals surface area contributed by atoms with Crippen molar-refractivity contribution in [2.45, 2.75) is 52.7 Å². The Bertz CT molecular complexity index is 1460. The number of para-hydroxylation sites is 1. The standard InChI is InChI=1S/C28H28N2O4/c1-27(2,3)33-25(31)16-11-12-19-18(15-16)23-20(29-19)13-14-22-24(23)17-9-7-8-10-21(17)30(22)26(32)34-28(4,5)6/h7-16H,1-6H3. The van der Waals surface area contributed by atoms with Crippen molar-refractivity contribution in [2.24, 2.45) is 10.9 Å². The van der Waals surface area contributed by atoms with Crippen LogP contribution in [0.5, 0.6) is 0 Å². The number of hydrogen-bond donors (Lipinski definition) is 0. The third-order valence-corrected chi connectivity index (χ3v) is 5.67. The van der Waals surface area contributed by atoms with Gasteiger partial charge in [-0.05, 0) is 65.8 Å². The minimum absolute atomic E-state index is 0.299. The molecule has 6 heteroatoms. The third-order valence-electron chi connectivity index (χ3n) is 5.67. The van der Waals surface area contributed by atoms with Crippen LogP contribution in [-0.4, -0.2) is 33.5 Å². The van der Waals surface area contributed by atoms with Crippen LogP contribution in [0.4, 0.5) is 10.5 Å². The van der Waals surface area contributed by atoms with Crippen LogP contribution >= 0.6 is 0 Å². The molecular formula is C28H28N2O4. The summed E-state index contributed by atoms with van der Waals surface area (Å²) in [6, 6.07) is 11.6. The highest BCUT2D eigenvalue weighted by Crippen LogP contribution is 2.45. The summed E-state index contributed by atoms with van der Waals surface area (Å²) in [4.78, 5) is 30.8. The van der Waals surface area contributed by atoms with E-state index in [2.05, 4.69) is 0 Å². The van der Waals surface area contributed by atoms with Crippen molar-refractivity contribution in [3.8, 4) is 0 Å². The minimum Gasteiger partial charge on any atom is -0.459 e. The molecular weight excluding hydrogens is 428 g/mol. The van der Waals surface area contributed by atoms with E-state index in [1.165, 1.54) is 0 Å². The van der Waals surface area contributed by atoms with E-state index >= 15 is 0 Å². The van der Waals surface area contributed by atoms with Crippen molar-refractivity contribution in [2.75, 3.05) is 0 Å². The summed E-state index contributed by atoms with van der Waals surface area (Å²) in [7, 11) is 0. The molecule has 5 rings (SSSR count). The summed E-state index contributed by atoms with van der Waals surface area (Å²) in [6.07, 6.45) is 5.19. The summed E-state index contributed by atoms with van der Waals surface area (Å²) in [6.45, 7) is 11.1. The predicted molar refractivity (Wildman–Crippen MR) is 135 cm³/mol. The maximum atomic E-state index is 13.2. The average molecular weight is 457 g/mol. The van der Waals surface area contributed by atoms with Gasteiger partial charge in [-0.25, -0.2) is 14.4 Å². The van der Waals surface area contributed by atoms with E-state index in [9.17, 15) is 9.59 Å². The molecule has 1 aliphatic carbocycles. The molecule has 34 heavy (non-hydrogen) atoms. The summed E-state index contributed by atoms with van der Waals surface area (Å²) in [5, 5.41) is 1.85. The minimum atomic E-state index is -0.626. The number of fused-ring (bicyclic) bond motifs is 7. The first kappa shape index (κ1) is 22.1. The van der Waals surface area contributed by atoms with Crippen LogP contribution in [0.3, 0.4) is 0 Å². The van der Waals surface area contributed by atoms with Gasteiger partial charge in [-0.2, -0.15) is 0 Å². The van der Waals surface area contributed by atoms with Gasteiger partial charge >= 0.3 is 12.1 Å². The first-order valence-corrected chi connectivity index (χ1v) is 11.4. The Kier molecular flexibility index (Phi) is 4.83. The molecule has 3 aromatic rings. The molecule has 0 amide bonds. The highest BCUT2D eigenvalue weighted by Gasteiger charge is 2.32. The van der Waals surface area contributed by atoms with Crippen molar-refractivity contribution in [3.63, 3.8) is 0 Å². The summed E-state index contributed by atoms with van der Waals surface area (Å²) in [5.41, 5.74) is 3.74. The second-order valence-corrected chi connectivity index (χ2v) is 10.7. The highest BCUT2D eigenvalue weighted by atomic mass is 16.6. The van der Waals surface area contributed by atoms with Gasteiger partial charge in [-0.15, -0.1) is 0 Å². The lowest BCUT2D eigenvalue weighted by Crippen LogP contribution is -2.28. The van der Waals surface area contributed by atoms with Crippen molar-refractivity contribution >= 4 is 50.8 Å². The van der Waals surface area contributed by atoms with E-state index in [1.54, 1.807) is 4.57 Å². The normalized spacial score (nSPS) is 17.3. The second-order valence-electron chi connectivity index (χ2n) is 10.7. The van der Waals surface area contributed by atoms with Crippen LogP contribution in [-0.2, 0) is 14.3 Å². The fourth-order valence-electron chi connectivity index (χ4n) is 4.48. The van der Waals surface area contributed by atoms with Gasteiger partial charge in [0.15, 0.2) is 0 Å². The van der Waals surface area contributed by atoms with Crippen molar-refractivity contribution in [1.82, 2.24) is 4.57 Å². The molecule has 1 aliphatic heterocycles. The van der Waals surface area contributed by atoms with Crippen molar-refractivity contribution in [3.05, 3.63) is 60.2 Å². The van der Waals surface area contributed by atoms with Gasteiger partial charge in [-0.3, -0.25) is 4.79 Å². The molecule has 2 heterocycles. The number of aliphatic imine (C=N–C) groups is 1. The number of hydrogen-bond acceptors (Lipinski definition) is 5. The number of rotatable bonds is 1. The molecule has 1 atom stereocenters. The molecule has 2 aromatic carbocycles. The van der Waals surface area contributed by atoms with Gasteiger partial charge in [0, 0.05) is 21.9 Å². The van der Waals surface area contributed by atoms with E-state index < -0.39 is 23.2 Å².